The molecule has 0 aromatic carbocycles. The summed E-state index contributed by atoms with van der Waals surface area (Å²) in [6.45, 7) is 14.2. The van der Waals surface area contributed by atoms with E-state index in [1.54, 1.807) is 0 Å². The first-order valence-electron chi connectivity index (χ1n) is 7.65. The van der Waals surface area contributed by atoms with Gasteiger partial charge in [-0.1, -0.05) is 20.8 Å². The summed E-state index contributed by atoms with van der Waals surface area (Å²) in [6.07, 6.45) is 1.88. The largest absolute Gasteiger partial charge is 0.444 e. The summed E-state index contributed by atoms with van der Waals surface area (Å²) < 4.78 is 5.86. The van der Waals surface area contributed by atoms with Gasteiger partial charge in [-0.15, -0.1) is 0 Å². The summed E-state index contributed by atoms with van der Waals surface area (Å²) in [5.41, 5.74) is 0.0452. The second-order valence-electron chi connectivity index (χ2n) is 7.00. The maximum Gasteiger partial charge on any atom is 0.208 e. The highest BCUT2D eigenvalue weighted by atomic mass is 16.4. The zero-order chi connectivity index (χ0) is 14.2. The molecule has 2 aliphatic rings. The van der Waals surface area contributed by atoms with Gasteiger partial charge in [-0.05, 0) is 0 Å². The van der Waals surface area contributed by atoms with Crippen molar-refractivity contribution in [1.82, 2.24) is 20.1 Å². The number of nitrogens with one attached hydrogen (secondary N) is 1. The third kappa shape index (κ3) is 3.05. The van der Waals surface area contributed by atoms with Crippen molar-refractivity contribution in [3.8, 4) is 0 Å². The first-order chi connectivity index (χ1) is 9.52. The van der Waals surface area contributed by atoms with E-state index < -0.39 is 0 Å². The van der Waals surface area contributed by atoms with Crippen LogP contribution in [0.1, 0.15) is 32.4 Å². The van der Waals surface area contributed by atoms with Crippen LogP contribution < -0.4 is 5.32 Å². The molecule has 1 N–H and O–H groups in total. The minimum absolute atomic E-state index is 0.0452. The molecule has 1 aromatic heterocycles. The summed E-state index contributed by atoms with van der Waals surface area (Å²) in [4.78, 5) is 9.43. The van der Waals surface area contributed by atoms with E-state index in [-0.39, 0.29) is 5.41 Å². The molecule has 2 aliphatic heterocycles. The fraction of sp³-hybridized carbons (Fsp3) is 0.800. The van der Waals surface area contributed by atoms with Crippen molar-refractivity contribution in [2.45, 2.75) is 38.8 Å². The molecule has 0 unspecified atom stereocenters. The maximum absolute atomic E-state index is 5.86. The number of rotatable bonds is 3. The predicted octanol–water partition coefficient (Wildman–Crippen LogP) is 1.06. The summed E-state index contributed by atoms with van der Waals surface area (Å²) in [5, 5.41) is 3.41. The molecule has 1 aromatic rings. The molecule has 0 radical (unpaired) electrons. The molecule has 0 spiro atoms. The van der Waals surface area contributed by atoms with Crippen molar-refractivity contribution in [3.05, 3.63) is 17.8 Å². The van der Waals surface area contributed by atoms with Crippen LogP contribution in [0.4, 0.5) is 0 Å². The Morgan fingerprint density at radius 3 is 2.60 bits per heavy atom. The SMILES string of the molecule is CC(C)(C)c1cnc(CN2CC(N3CCNCC3)C2)o1. The van der Waals surface area contributed by atoms with E-state index in [9.17, 15) is 0 Å². The van der Waals surface area contributed by atoms with Crippen LogP contribution in [0.15, 0.2) is 10.6 Å². The predicted molar refractivity (Wildman–Crippen MR) is 78.7 cm³/mol. The third-order valence-corrected chi connectivity index (χ3v) is 4.26. The van der Waals surface area contributed by atoms with Crippen LogP contribution in [0.25, 0.3) is 0 Å². The van der Waals surface area contributed by atoms with E-state index in [1.807, 2.05) is 6.20 Å². The van der Waals surface area contributed by atoms with Gasteiger partial charge in [-0.25, -0.2) is 4.98 Å². The maximum atomic E-state index is 5.86. The normalized spacial score (nSPS) is 22.9. The van der Waals surface area contributed by atoms with Crippen molar-refractivity contribution >= 4 is 0 Å². The molecule has 0 atom stereocenters. The van der Waals surface area contributed by atoms with Gasteiger partial charge in [0.25, 0.3) is 0 Å². The highest BCUT2D eigenvalue weighted by Crippen LogP contribution is 2.24. The van der Waals surface area contributed by atoms with E-state index in [1.165, 1.54) is 13.1 Å². The van der Waals surface area contributed by atoms with Crippen LogP contribution in [0.2, 0.25) is 0 Å². The number of piperazine rings is 1. The van der Waals surface area contributed by atoms with Crippen molar-refractivity contribution in [2.75, 3.05) is 39.3 Å². The van der Waals surface area contributed by atoms with Crippen LogP contribution in [0.3, 0.4) is 0 Å². The molecule has 3 heterocycles. The van der Waals surface area contributed by atoms with E-state index in [2.05, 4.69) is 40.9 Å². The van der Waals surface area contributed by atoms with E-state index in [4.69, 9.17) is 4.42 Å². The molecule has 5 nitrogen and oxygen atoms in total. The van der Waals surface area contributed by atoms with Crippen molar-refractivity contribution in [1.29, 1.82) is 0 Å². The monoisotopic (exact) mass is 278 g/mol. The summed E-state index contributed by atoms with van der Waals surface area (Å²) >= 11 is 0. The lowest BCUT2D eigenvalue weighted by atomic mass is 9.94. The van der Waals surface area contributed by atoms with Crippen LogP contribution in [-0.4, -0.2) is 60.1 Å². The Balaban J connectivity index is 1.47. The van der Waals surface area contributed by atoms with Gasteiger partial charge in [-0.3, -0.25) is 9.80 Å². The Bertz CT molecular complexity index is 439. The molecular formula is C15H26N4O. The van der Waals surface area contributed by atoms with Gasteiger partial charge in [-0.2, -0.15) is 0 Å². The average Bonchev–Trinajstić information content (AvgIpc) is 2.83. The van der Waals surface area contributed by atoms with Crippen LogP contribution in [-0.2, 0) is 12.0 Å². The molecule has 3 rings (SSSR count). The summed E-state index contributed by atoms with van der Waals surface area (Å²) in [6, 6.07) is 0.731. The third-order valence-electron chi connectivity index (χ3n) is 4.26. The standard InChI is InChI=1S/C15H26N4O/c1-15(2,3)13-8-17-14(20-13)11-18-9-12(10-18)19-6-4-16-5-7-19/h8,12,16H,4-7,9-11H2,1-3H3. The highest BCUT2D eigenvalue weighted by Gasteiger charge is 2.33. The number of nitrogens with zero attached hydrogens (tertiary/aromatic N) is 3. The number of hydrogen-bond donors (Lipinski definition) is 1. The van der Waals surface area contributed by atoms with Gasteiger partial charge < -0.3 is 9.73 Å². The molecule has 0 saturated carbocycles. The van der Waals surface area contributed by atoms with E-state index in [0.717, 1.165) is 50.4 Å². The fourth-order valence-electron chi connectivity index (χ4n) is 2.87. The second-order valence-corrected chi connectivity index (χ2v) is 7.00. The van der Waals surface area contributed by atoms with Gasteiger partial charge in [0.2, 0.25) is 5.89 Å². The zero-order valence-corrected chi connectivity index (χ0v) is 12.9. The average molecular weight is 278 g/mol. The zero-order valence-electron chi connectivity index (χ0n) is 12.9. The Morgan fingerprint density at radius 2 is 2.00 bits per heavy atom. The summed E-state index contributed by atoms with van der Waals surface area (Å²) in [5.74, 6) is 1.83. The molecule has 112 valence electrons. The number of aromatic nitrogens is 1. The summed E-state index contributed by atoms with van der Waals surface area (Å²) in [7, 11) is 0. The highest BCUT2D eigenvalue weighted by molar-refractivity contribution is 5.06. The van der Waals surface area contributed by atoms with Crippen LogP contribution >= 0.6 is 0 Å². The molecule has 0 amide bonds. The fourth-order valence-corrected chi connectivity index (χ4v) is 2.87. The smallest absolute Gasteiger partial charge is 0.208 e. The van der Waals surface area contributed by atoms with Gasteiger partial charge in [0.15, 0.2) is 0 Å². The van der Waals surface area contributed by atoms with Crippen LogP contribution in [0, 0.1) is 0 Å². The van der Waals surface area contributed by atoms with Gasteiger partial charge in [0, 0.05) is 50.7 Å². The lowest BCUT2D eigenvalue weighted by molar-refractivity contribution is 0.0172. The lowest BCUT2D eigenvalue weighted by Crippen LogP contribution is -2.62. The van der Waals surface area contributed by atoms with Gasteiger partial charge >= 0.3 is 0 Å². The minimum atomic E-state index is 0.0452. The molecule has 0 aliphatic carbocycles. The first kappa shape index (κ1) is 14.0. The van der Waals surface area contributed by atoms with Gasteiger partial charge in [0.05, 0.1) is 12.7 Å². The molecule has 20 heavy (non-hydrogen) atoms. The Hall–Kier alpha value is -0.910. The quantitative estimate of drug-likeness (QED) is 0.896. The molecular weight excluding hydrogens is 252 g/mol. The van der Waals surface area contributed by atoms with Crippen molar-refractivity contribution in [3.63, 3.8) is 0 Å². The number of likely N-dealkylation sites (tertiary alicyclic amines) is 1. The molecule has 2 saturated heterocycles. The van der Waals surface area contributed by atoms with Crippen molar-refractivity contribution in [2.24, 2.45) is 0 Å². The second kappa shape index (κ2) is 5.47. The topological polar surface area (TPSA) is 44.5 Å². The Labute approximate surface area is 121 Å². The first-order valence-corrected chi connectivity index (χ1v) is 7.65. The minimum Gasteiger partial charge on any atom is -0.444 e. The Kier molecular flexibility index (Phi) is 3.84. The number of hydrogen-bond acceptors (Lipinski definition) is 5. The Morgan fingerprint density at radius 1 is 1.30 bits per heavy atom. The number of oxazole rings is 1. The van der Waals surface area contributed by atoms with Crippen LogP contribution in [0.5, 0.6) is 0 Å². The molecule has 5 heteroatoms. The van der Waals surface area contributed by atoms with E-state index >= 15 is 0 Å². The van der Waals surface area contributed by atoms with Crippen molar-refractivity contribution < 1.29 is 4.42 Å². The van der Waals surface area contributed by atoms with Gasteiger partial charge in [0.1, 0.15) is 5.76 Å². The molecule has 0 bridgehead atoms. The van der Waals surface area contributed by atoms with E-state index in [0.29, 0.717) is 0 Å². The molecule has 2 fully saturated rings. The lowest BCUT2D eigenvalue weighted by Gasteiger charge is -2.46.